The maximum Gasteiger partial charge on any atom is 0.132 e. The van der Waals surface area contributed by atoms with Crippen molar-refractivity contribution < 1.29 is 29.9 Å². The highest BCUT2D eigenvalue weighted by Gasteiger charge is 2.59. The minimum atomic E-state index is -1.29. The van der Waals surface area contributed by atoms with Gasteiger partial charge in [0.2, 0.25) is 0 Å². The van der Waals surface area contributed by atoms with E-state index >= 15 is 0 Å². The first kappa shape index (κ1) is 37.1. The molecule has 5 aliphatic rings. The van der Waals surface area contributed by atoms with E-state index in [0.29, 0.717) is 16.9 Å². The van der Waals surface area contributed by atoms with Crippen LogP contribution in [0.5, 0.6) is 0 Å². The Morgan fingerprint density at radius 2 is 1.67 bits per heavy atom. The molecule has 0 amide bonds. The number of ether oxygens (including phenoxy) is 2. The van der Waals surface area contributed by atoms with E-state index in [2.05, 4.69) is 40.7 Å². The zero-order valence-electron chi connectivity index (χ0n) is 29.7. The van der Waals surface area contributed by atoms with Crippen LogP contribution in [-0.4, -0.2) is 75.3 Å². The average Bonchev–Trinajstić information content (AvgIpc) is 3.39. The highest BCUT2D eigenvalue weighted by Crippen LogP contribution is 2.67. The lowest BCUT2D eigenvalue weighted by Gasteiger charge is -2.58. The van der Waals surface area contributed by atoms with Gasteiger partial charge in [-0.15, -0.1) is 11.8 Å². The van der Waals surface area contributed by atoms with Gasteiger partial charge in [0.05, 0.1) is 12.7 Å². The van der Waals surface area contributed by atoms with Crippen LogP contribution in [0.2, 0.25) is 0 Å². The van der Waals surface area contributed by atoms with E-state index in [1.165, 1.54) is 76.0 Å². The molecule has 1 aliphatic heterocycles. The van der Waals surface area contributed by atoms with Crippen molar-refractivity contribution in [1.29, 1.82) is 0 Å². The molecule has 1 heterocycles. The Balaban J connectivity index is 1.02. The van der Waals surface area contributed by atoms with Gasteiger partial charge < -0.3 is 29.9 Å². The van der Waals surface area contributed by atoms with Gasteiger partial charge in [0, 0.05) is 6.61 Å². The summed E-state index contributed by atoms with van der Waals surface area (Å²) in [5.74, 6) is 6.10. The molecule has 46 heavy (non-hydrogen) atoms. The summed E-state index contributed by atoms with van der Waals surface area (Å²) in [5, 5.41) is 39.5. The highest BCUT2D eigenvalue weighted by molar-refractivity contribution is 7.99. The molecule has 266 valence electrons. The van der Waals surface area contributed by atoms with E-state index in [1.807, 2.05) is 0 Å². The lowest BCUT2D eigenvalue weighted by molar-refractivity contribution is -0.205. The number of thioether (sulfide) groups is 1. The van der Waals surface area contributed by atoms with Crippen LogP contribution in [0.4, 0.5) is 0 Å². The van der Waals surface area contributed by atoms with Gasteiger partial charge in [0.25, 0.3) is 0 Å². The maximum absolute atomic E-state index is 10.2. The fourth-order valence-electron chi connectivity index (χ4n) is 11.0. The number of allylic oxidation sites excluding steroid dienone is 1. The minimum absolute atomic E-state index is 0.369. The molecule has 13 unspecified atom stereocenters. The molecule has 4 aliphatic carbocycles. The smallest absolute Gasteiger partial charge is 0.132 e. The number of aliphatic hydroxyl groups is 4. The summed E-state index contributed by atoms with van der Waals surface area (Å²) in [4.78, 5) is 0. The molecular formula is C39H68O6S. The van der Waals surface area contributed by atoms with Crippen molar-refractivity contribution in [2.24, 2.45) is 46.3 Å². The van der Waals surface area contributed by atoms with Crippen molar-refractivity contribution in [2.75, 3.05) is 19.0 Å². The Labute approximate surface area is 284 Å². The fourth-order valence-corrected chi connectivity index (χ4v) is 12.2. The van der Waals surface area contributed by atoms with Gasteiger partial charge in [-0.25, -0.2) is 0 Å². The molecule has 0 aromatic heterocycles. The number of hydrogen-bond acceptors (Lipinski definition) is 7. The van der Waals surface area contributed by atoms with Crippen LogP contribution >= 0.6 is 11.8 Å². The van der Waals surface area contributed by atoms with Gasteiger partial charge in [0.1, 0.15) is 29.9 Å². The summed E-state index contributed by atoms with van der Waals surface area (Å²) in [7, 11) is 0. The number of unbranched alkanes of at least 4 members (excludes halogenated alkanes) is 3. The predicted molar refractivity (Wildman–Crippen MR) is 187 cm³/mol. The second kappa shape index (κ2) is 16.2. The van der Waals surface area contributed by atoms with Crippen molar-refractivity contribution >= 4 is 11.8 Å². The van der Waals surface area contributed by atoms with Crippen LogP contribution < -0.4 is 0 Å². The van der Waals surface area contributed by atoms with Crippen LogP contribution in [0.15, 0.2) is 11.6 Å². The number of rotatable bonds is 15. The third-order valence-electron chi connectivity index (χ3n) is 13.8. The van der Waals surface area contributed by atoms with Crippen molar-refractivity contribution in [1.82, 2.24) is 0 Å². The summed E-state index contributed by atoms with van der Waals surface area (Å²) in [6, 6.07) is 0. The van der Waals surface area contributed by atoms with E-state index in [9.17, 15) is 20.4 Å². The van der Waals surface area contributed by atoms with Gasteiger partial charge in [-0.05, 0) is 116 Å². The number of aliphatic hydroxyl groups excluding tert-OH is 4. The third kappa shape index (κ3) is 7.92. The van der Waals surface area contributed by atoms with E-state index in [1.54, 1.807) is 5.57 Å². The Kier molecular flexibility index (Phi) is 13.1. The van der Waals surface area contributed by atoms with Crippen LogP contribution in [-0.2, 0) is 9.47 Å². The Morgan fingerprint density at radius 3 is 2.43 bits per heavy atom. The first-order valence-electron chi connectivity index (χ1n) is 19.2. The second-order valence-corrected chi connectivity index (χ2v) is 18.2. The minimum Gasteiger partial charge on any atom is -0.394 e. The Morgan fingerprint density at radius 1 is 0.891 bits per heavy atom. The number of hydrogen-bond donors (Lipinski definition) is 4. The molecule has 0 spiro atoms. The zero-order chi connectivity index (χ0) is 33.1. The summed E-state index contributed by atoms with van der Waals surface area (Å²) >= 11 is 1.45. The maximum atomic E-state index is 10.2. The Hall–Kier alpha value is -0.150. The second-order valence-electron chi connectivity index (χ2n) is 17.0. The van der Waals surface area contributed by atoms with E-state index in [-0.39, 0.29) is 6.61 Å². The van der Waals surface area contributed by atoms with Crippen molar-refractivity contribution in [3.63, 3.8) is 0 Å². The summed E-state index contributed by atoms with van der Waals surface area (Å²) < 4.78 is 12.1. The van der Waals surface area contributed by atoms with Gasteiger partial charge in [-0.2, -0.15) is 0 Å². The molecule has 0 radical (unpaired) electrons. The fraction of sp³-hybridized carbons (Fsp3) is 0.949. The molecule has 6 nitrogen and oxygen atoms in total. The summed E-state index contributed by atoms with van der Waals surface area (Å²) in [6.07, 6.45) is 17.7. The lowest BCUT2D eigenvalue weighted by atomic mass is 9.47. The predicted octanol–water partition coefficient (Wildman–Crippen LogP) is 7.51. The third-order valence-corrected chi connectivity index (χ3v) is 15.0. The van der Waals surface area contributed by atoms with Crippen LogP contribution in [0.3, 0.4) is 0 Å². The molecule has 4 N–H and O–H groups in total. The molecule has 0 aromatic rings. The first-order valence-corrected chi connectivity index (χ1v) is 20.3. The van der Waals surface area contributed by atoms with Gasteiger partial charge in [-0.1, -0.05) is 78.4 Å². The zero-order valence-corrected chi connectivity index (χ0v) is 30.6. The van der Waals surface area contributed by atoms with Gasteiger partial charge in [-0.3, -0.25) is 0 Å². The van der Waals surface area contributed by atoms with Crippen LogP contribution in [0, 0.1) is 46.3 Å². The SMILES string of the molecule is CC(C)CCCC(C)C1CCC2C3CC=C4CC(OCCCCCCSC5OC(CO)C(O)C(O)C5O)CCC4(C)C3CCC12C. The Bertz CT molecular complexity index is 988. The highest BCUT2D eigenvalue weighted by atomic mass is 32.2. The van der Waals surface area contributed by atoms with Crippen LogP contribution in [0.1, 0.15) is 131 Å². The van der Waals surface area contributed by atoms with E-state index in [0.717, 1.165) is 80.0 Å². The van der Waals surface area contributed by atoms with Crippen LogP contribution in [0.25, 0.3) is 0 Å². The largest absolute Gasteiger partial charge is 0.394 e. The monoisotopic (exact) mass is 664 g/mol. The number of fused-ring (bicyclic) bond motifs is 5. The van der Waals surface area contributed by atoms with Crippen molar-refractivity contribution in [2.45, 2.75) is 167 Å². The van der Waals surface area contributed by atoms with Crippen molar-refractivity contribution in [3.05, 3.63) is 11.6 Å². The molecule has 0 aromatic carbocycles. The normalized spacial score (nSPS) is 43.1. The standard InChI is InChI=1S/C39H68O6S/c1-25(2)11-10-12-26(3)30-15-16-31-29-14-13-27-23-28(17-19-38(27,4)32(29)18-20-39(30,31)5)44-21-8-6-7-9-22-46-37-36(43)35(42)34(41)33(24-40)45-37/h13,25-26,28-37,40-43H,6-12,14-24H2,1-5H3. The molecule has 7 heteroatoms. The quantitative estimate of drug-likeness (QED) is 0.106. The molecule has 3 saturated carbocycles. The van der Waals surface area contributed by atoms with Gasteiger partial charge in [0.15, 0.2) is 0 Å². The van der Waals surface area contributed by atoms with Crippen molar-refractivity contribution in [3.8, 4) is 0 Å². The van der Waals surface area contributed by atoms with E-state index in [4.69, 9.17) is 9.47 Å². The topological polar surface area (TPSA) is 99.4 Å². The van der Waals surface area contributed by atoms with Gasteiger partial charge >= 0.3 is 0 Å². The first-order chi connectivity index (χ1) is 22.0. The molecule has 4 fully saturated rings. The molecule has 13 atom stereocenters. The average molecular weight is 665 g/mol. The molecular weight excluding hydrogens is 596 g/mol. The van der Waals surface area contributed by atoms with E-state index < -0.39 is 29.9 Å². The summed E-state index contributed by atoms with van der Waals surface area (Å²) in [6.45, 7) is 13.1. The summed E-state index contributed by atoms with van der Waals surface area (Å²) in [5.41, 5.74) is 2.03. The molecule has 1 saturated heterocycles. The molecule has 5 rings (SSSR count). The lowest BCUT2D eigenvalue weighted by Crippen LogP contribution is -2.57. The molecule has 0 bridgehead atoms.